The Hall–Kier alpha value is -1.36. The lowest BCUT2D eigenvalue weighted by atomic mass is 10.1. The van der Waals surface area contributed by atoms with Crippen LogP contribution in [0, 0.1) is 0 Å². The van der Waals surface area contributed by atoms with Crippen LogP contribution in [-0.2, 0) is 0 Å². The van der Waals surface area contributed by atoms with Gasteiger partial charge in [-0.25, -0.2) is 4.79 Å². The molecule has 2 heterocycles. The molecule has 1 unspecified atom stereocenters. The summed E-state index contributed by atoms with van der Waals surface area (Å²) in [4.78, 5) is 12.7. The number of hydrogen-bond donors (Lipinski definition) is 1. The van der Waals surface area contributed by atoms with Crippen molar-refractivity contribution in [3.8, 4) is 0 Å². The van der Waals surface area contributed by atoms with Crippen molar-refractivity contribution in [2.45, 2.75) is 12.3 Å². The topological polar surface area (TPSA) is 66.6 Å². The summed E-state index contributed by atoms with van der Waals surface area (Å²) in [5.41, 5.74) is -0.00504. The highest BCUT2D eigenvalue weighted by molar-refractivity contribution is 5.85. The molecule has 0 saturated carbocycles. The normalized spacial score (nSPS) is 22.8. The van der Waals surface area contributed by atoms with E-state index >= 15 is 0 Å². The quantitative estimate of drug-likeness (QED) is 0.757. The van der Waals surface area contributed by atoms with Crippen molar-refractivity contribution in [1.82, 2.24) is 10.1 Å². The Morgan fingerprint density at radius 2 is 2.57 bits per heavy atom. The molecule has 1 aliphatic rings. The summed E-state index contributed by atoms with van der Waals surface area (Å²) in [5, 5.41) is 12.2. The zero-order valence-electron chi connectivity index (χ0n) is 7.93. The molecule has 1 aliphatic heterocycles. The van der Waals surface area contributed by atoms with Crippen molar-refractivity contribution in [3.05, 3.63) is 17.5 Å². The molecule has 1 aromatic heterocycles. The van der Waals surface area contributed by atoms with Gasteiger partial charge in [-0.15, -0.1) is 0 Å². The van der Waals surface area contributed by atoms with E-state index in [4.69, 9.17) is 9.63 Å². The second-order valence-electron chi connectivity index (χ2n) is 3.67. The third-order valence-electron chi connectivity index (χ3n) is 2.54. The lowest BCUT2D eigenvalue weighted by Crippen LogP contribution is -2.13. The lowest BCUT2D eigenvalue weighted by Gasteiger charge is -2.05. The van der Waals surface area contributed by atoms with E-state index in [2.05, 4.69) is 10.1 Å². The largest absolute Gasteiger partial charge is 0.476 e. The smallest absolute Gasteiger partial charge is 0.358 e. The number of hydrogen-bond acceptors (Lipinski definition) is 4. The van der Waals surface area contributed by atoms with Crippen LogP contribution in [-0.4, -0.2) is 41.3 Å². The molecule has 0 aromatic carbocycles. The fourth-order valence-corrected chi connectivity index (χ4v) is 1.75. The number of nitrogens with zero attached hydrogens (tertiary/aromatic N) is 2. The Morgan fingerprint density at radius 3 is 3.07 bits per heavy atom. The number of carboxylic acids is 1. The molecule has 1 N–H and O–H groups in total. The Labute approximate surface area is 81.3 Å². The molecule has 14 heavy (non-hydrogen) atoms. The summed E-state index contributed by atoms with van der Waals surface area (Å²) in [6, 6.07) is 1.52. The van der Waals surface area contributed by atoms with Crippen LogP contribution in [0.5, 0.6) is 0 Å². The number of likely N-dealkylation sites (tertiary alicyclic amines) is 1. The monoisotopic (exact) mass is 196 g/mol. The average molecular weight is 196 g/mol. The van der Waals surface area contributed by atoms with Gasteiger partial charge in [0.25, 0.3) is 0 Å². The van der Waals surface area contributed by atoms with E-state index in [9.17, 15) is 4.79 Å². The van der Waals surface area contributed by atoms with E-state index in [1.54, 1.807) is 0 Å². The summed E-state index contributed by atoms with van der Waals surface area (Å²) >= 11 is 0. The van der Waals surface area contributed by atoms with Gasteiger partial charge in [-0.05, 0) is 20.0 Å². The average Bonchev–Trinajstić information content (AvgIpc) is 2.70. The van der Waals surface area contributed by atoms with Gasteiger partial charge in [0.2, 0.25) is 0 Å². The summed E-state index contributed by atoms with van der Waals surface area (Å²) < 4.78 is 5.00. The molecule has 1 atom stereocenters. The molecule has 0 spiro atoms. The zero-order chi connectivity index (χ0) is 10.1. The van der Waals surface area contributed by atoms with Crippen LogP contribution in [0.4, 0.5) is 0 Å². The number of likely N-dealkylation sites (N-methyl/N-ethyl adjacent to an activating group) is 1. The Bertz CT molecular complexity index is 348. The summed E-state index contributed by atoms with van der Waals surface area (Å²) in [6.45, 7) is 1.93. The van der Waals surface area contributed by atoms with Gasteiger partial charge in [0, 0.05) is 18.5 Å². The molecule has 0 aliphatic carbocycles. The zero-order valence-corrected chi connectivity index (χ0v) is 7.93. The lowest BCUT2D eigenvalue weighted by molar-refractivity contribution is 0.0685. The molecular weight excluding hydrogens is 184 g/mol. The van der Waals surface area contributed by atoms with Crippen LogP contribution < -0.4 is 0 Å². The van der Waals surface area contributed by atoms with Gasteiger partial charge in [0.05, 0.1) is 0 Å². The predicted molar refractivity (Wildman–Crippen MR) is 48.3 cm³/mol. The van der Waals surface area contributed by atoms with Crippen molar-refractivity contribution >= 4 is 5.97 Å². The first-order chi connectivity index (χ1) is 6.66. The Kier molecular flexibility index (Phi) is 2.25. The van der Waals surface area contributed by atoms with E-state index in [-0.39, 0.29) is 5.69 Å². The number of carboxylic acid groups (broad SMARTS) is 1. The molecule has 5 heteroatoms. The van der Waals surface area contributed by atoms with Crippen molar-refractivity contribution in [1.29, 1.82) is 0 Å². The van der Waals surface area contributed by atoms with Crippen LogP contribution in [0.25, 0.3) is 0 Å². The SMILES string of the molecule is CN1CCC(c2cc(C(=O)O)no2)C1. The predicted octanol–water partition coefficient (Wildman–Crippen LogP) is 0.792. The first-order valence-electron chi connectivity index (χ1n) is 4.55. The molecule has 0 bridgehead atoms. The third kappa shape index (κ3) is 1.63. The maximum atomic E-state index is 10.6. The minimum Gasteiger partial charge on any atom is -0.476 e. The molecule has 0 amide bonds. The van der Waals surface area contributed by atoms with Crippen LogP contribution in [0.15, 0.2) is 10.6 Å². The van der Waals surface area contributed by atoms with Gasteiger partial charge in [0.15, 0.2) is 5.69 Å². The first kappa shape index (κ1) is 9.21. The molecular formula is C9H12N2O3. The third-order valence-corrected chi connectivity index (χ3v) is 2.54. The van der Waals surface area contributed by atoms with Gasteiger partial charge in [-0.2, -0.15) is 0 Å². The molecule has 1 fully saturated rings. The minimum absolute atomic E-state index is 0.00504. The fourth-order valence-electron chi connectivity index (χ4n) is 1.75. The van der Waals surface area contributed by atoms with E-state index in [1.165, 1.54) is 6.07 Å². The number of aromatic nitrogens is 1. The second-order valence-corrected chi connectivity index (χ2v) is 3.67. The van der Waals surface area contributed by atoms with Crippen molar-refractivity contribution in [3.63, 3.8) is 0 Å². The van der Waals surface area contributed by atoms with Crippen LogP contribution in [0.3, 0.4) is 0 Å². The standard InChI is InChI=1S/C9H12N2O3/c1-11-3-2-6(5-11)8-4-7(9(12)13)10-14-8/h4,6H,2-3,5H2,1H3,(H,12,13). The van der Waals surface area contributed by atoms with Gasteiger partial charge in [0.1, 0.15) is 5.76 Å². The van der Waals surface area contributed by atoms with E-state index < -0.39 is 5.97 Å². The molecule has 0 radical (unpaired) electrons. The van der Waals surface area contributed by atoms with Crippen LogP contribution in [0.1, 0.15) is 28.6 Å². The van der Waals surface area contributed by atoms with Crippen LogP contribution in [0.2, 0.25) is 0 Å². The summed E-state index contributed by atoms with van der Waals surface area (Å²) in [5.74, 6) is -0.0568. The Balaban J connectivity index is 2.13. The molecule has 76 valence electrons. The molecule has 5 nitrogen and oxygen atoms in total. The highest BCUT2D eigenvalue weighted by Crippen LogP contribution is 2.26. The molecule has 1 aromatic rings. The number of aromatic carboxylic acids is 1. The summed E-state index contributed by atoms with van der Waals surface area (Å²) in [6.07, 6.45) is 1.00. The van der Waals surface area contributed by atoms with Gasteiger partial charge >= 0.3 is 5.97 Å². The van der Waals surface area contributed by atoms with E-state index in [0.717, 1.165) is 19.5 Å². The first-order valence-corrected chi connectivity index (χ1v) is 4.55. The maximum absolute atomic E-state index is 10.6. The Morgan fingerprint density at radius 1 is 1.79 bits per heavy atom. The van der Waals surface area contributed by atoms with Crippen molar-refractivity contribution in [2.75, 3.05) is 20.1 Å². The number of carbonyl (C=O) groups is 1. The van der Waals surface area contributed by atoms with Gasteiger partial charge in [-0.3, -0.25) is 0 Å². The fraction of sp³-hybridized carbons (Fsp3) is 0.556. The second kappa shape index (κ2) is 3.42. The highest BCUT2D eigenvalue weighted by atomic mass is 16.5. The number of rotatable bonds is 2. The van der Waals surface area contributed by atoms with E-state index in [1.807, 2.05) is 7.05 Å². The maximum Gasteiger partial charge on any atom is 0.358 e. The molecule has 2 rings (SSSR count). The van der Waals surface area contributed by atoms with Gasteiger partial charge in [-0.1, -0.05) is 5.16 Å². The minimum atomic E-state index is -1.04. The van der Waals surface area contributed by atoms with Crippen molar-refractivity contribution in [2.24, 2.45) is 0 Å². The van der Waals surface area contributed by atoms with Crippen molar-refractivity contribution < 1.29 is 14.4 Å². The highest BCUT2D eigenvalue weighted by Gasteiger charge is 2.25. The van der Waals surface area contributed by atoms with E-state index in [0.29, 0.717) is 11.7 Å². The summed E-state index contributed by atoms with van der Waals surface area (Å²) in [7, 11) is 2.04. The molecule has 1 saturated heterocycles. The van der Waals surface area contributed by atoms with Gasteiger partial charge < -0.3 is 14.5 Å². The van der Waals surface area contributed by atoms with Crippen LogP contribution >= 0.6 is 0 Å².